The van der Waals surface area contributed by atoms with Gasteiger partial charge in [0.2, 0.25) is 0 Å². The van der Waals surface area contributed by atoms with Crippen LogP contribution in [0.15, 0.2) is 24.4 Å². The van der Waals surface area contributed by atoms with E-state index in [4.69, 9.17) is 5.73 Å². The SMILES string of the molecule is CCCCn1cc(CCN)c2cc(C(C)C)ccc21. The van der Waals surface area contributed by atoms with Gasteiger partial charge in [-0.05, 0) is 48.6 Å². The summed E-state index contributed by atoms with van der Waals surface area (Å²) in [5, 5.41) is 1.40. The molecule has 0 aliphatic rings. The monoisotopic (exact) mass is 258 g/mol. The van der Waals surface area contributed by atoms with Crippen LogP contribution in [-0.4, -0.2) is 11.1 Å². The van der Waals surface area contributed by atoms with E-state index in [2.05, 4.69) is 49.7 Å². The molecule has 0 aliphatic carbocycles. The van der Waals surface area contributed by atoms with Gasteiger partial charge < -0.3 is 10.3 Å². The molecule has 2 heteroatoms. The van der Waals surface area contributed by atoms with Crippen LogP contribution in [0.1, 0.15) is 50.7 Å². The van der Waals surface area contributed by atoms with E-state index in [0.717, 1.165) is 19.5 Å². The van der Waals surface area contributed by atoms with Gasteiger partial charge in [0, 0.05) is 23.6 Å². The molecule has 1 aromatic heterocycles. The van der Waals surface area contributed by atoms with Crippen LogP contribution in [0, 0.1) is 0 Å². The van der Waals surface area contributed by atoms with E-state index >= 15 is 0 Å². The highest BCUT2D eigenvalue weighted by molar-refractivity contribution is 5.85. The average molecular weight is 258 g/mol. The summed E-state index contributed by atoms with van der Waals surface area (Å²) in [6, 6.07) is 6.90. The number of hydrogen-bond acceptors (Lipinski definition) is 1. The molecule has 2 N–H and O–H groups in total. The van der Waals surface area contributed by atoms with Crippen molar-refractivity contribution in [3.05, 3.63) is 35.5 Å². The van der Waals surface area contributed by atoms with Crippen LogP contribution in [0.3, 0.4) is 0 Å². The van der Waals surface area contributed by atoms with Crippen LogP contribution >= 0.6 is 0 Å². The van der Waals surface area contributed by atoms with Gasteiger partial charge in [-0.1, -0.05) is 33.3 Å². The summed E-state index contributed by atoms with van der Waals surface area (Å²) in [4.78, 5) is 0. The average Bonchev–Trinajstić information content (AvgIpc) is 2.74. The Morgan fingerprint density at radius 3 is 2.68 bits per heavy atom. The Hall–Kier alpha value is -1.28. The summed E-state index contributed by atoms with van der Waals surface area (Å²) in [7, 11) is 0. The Balaban J connectivity index is 2.47. The molecule has 0 amide bonds. The lowest BCUT2D eigenvalue weighted by molar-refractivity contribution is 0.648. The van der Waals surface area contributed by atoms with Crippen molar-refractivity contribution < 1.29 is 0 Å². The maximum absolute atomic E-state index is 5.75. The Bertz CT molecular complexity index is 537. The van der Waals surface area contributed by atoms with Gasteiger partial charge in [0.15, 0.2) is 0 Å². The van der Waals surface area contributed by atoms with Crippen molar-refractivity contribution >= 4 is 10.9 Å². The molecule has 0 unspecified atom stereocenters. The summed E-state index contributed by atoms with van der Waals surface area (Å²) in [6.07, 6.45) is 5.74. The zero-order valence-electron chi connectivity index (χ0n) is 12.4. The lowest BCUT2D eigenvalue weighted by Gasteiger charge is -2.07. The van der Waals surface area contributed by atoms with Crippen LogP contribution in [0.25, 0.3) is 10.9 Å². The molecular formula is C17H26N2. The van der Waals surface area contributed by atoms with Gasteiger partial charge in [0.25, 0.3) is 0 Å². The van der Waals surface area contributed by atoms with Gasteiger partial charge in [-0.3, -0.25) is 0 Å². The second-order valence-corrected chi connectivity index (χ2v) is 5.67. The van der Waals surface area contributed by atoms with E-state index in [1.54, 1.807) is 0 Å². The molecule has 2 aromatic rings. The first kappa shape index (κ1) is 14.1. The molecule has 0 atom stereocenters. The second kappa shape index (κ2) is 6.25. The first-order valence-electron chi connectivity index (χ1n) is 7.49. The molecule has 2 nitrogen and oxygen atoms in total. The Morgan fingerprint density at radius 1 is 1.26 bits per heavy atom. The summed E-state index contributed by atoms with van der Waals surface area (Å²) < 4.78 is 2.40. The minimum absolute atomic E-state index is 0.578. The van der Waals surface area contributed by atoms with E-state index in [1.165, 1.54) is 34.9 Å². The van der Waals surface area contributed by atoms with Gasteiger partial charge >= 0.3 is 0 Å². The van der Waals surface area contributed by atoms with E-state index in [9.17, 15) is 0 Å². The highest BCUT2D eigenvalue weighted by Crippen LogP contribution is 2.26. The molecular weight excluding hydrogens is 232 g/mol. The number of unbranched alkanes of at least 4 members (excludes halogenated alkanes) is 1. The van der Waals surface area contributed by atoms with Crippen molar-refractivity contribution in [1.82, 2.24) is 4.57 Å². The topological polar surface area (TPSA) is 30.9 Å². The maximum atomic E-state index is 5.75. The standard InChI is InChI=1S/C17H26N2/c1-4-5-10-19-12-15(8-9-18)16-11-14(13(2)3)6-7-17(16)19/h6-7,11-13H,4-5,8-10,18H2,1-3H3. The minimum atomic E-state index is 0.578. The van der Waals surface area contributed by atoms with Gasteiger partial charge in [-0.2, -0.15) is 0 Å². The quantitative estimate of drug-likeness (QED) is 0.832. The Labute approximate surface area is 116 Å². The highest BCUT2D eigenvalue weighted by atomic mass is 15.0. The van der Waals surface area contributed by atoms with Crippen molar-refractivity contribution in [1.29, 1.82) is 0 Å². The fourth-order valence-corrected chi connectivity index (χ4v) is 2.62. The molecule has 0 saturated carbocycles. The first-order chi connectivity index (χ1) is 9.17. The highest BCUT2D eigenvalue weighted by Gasteiger charge is 2.09. The Morgan fingerprint density at radius 2 is 2.05 bits per heavy atom. The van der Waals surface area contributed by atoms with E-state index in [-0.39, 0.29) is 0 Å². The minimum Gasteiger partial charge on any atom is -0.347 e. The number of fused-ring (bicyclic) bond motifs is 1. The van der Waals surface area contributed by atoms with Gasteiger partial charge in [-0.25, -0.2) is 0 Å². The summed E-state index contributed by atoms with van der Waals surface area (Å²) in [6.45, 7) is 8.57. The molecule has 0 radical (unpaired) electrons. The van der Waals surface area contributed by atoms with Crippen molar-refractivity contribution in [3.63, 3.8) is 0 Å². The van der Waals surface area contributed by atoms with Crippen LogP contribution in [0.4, 0.5) is 0 Å². The van der Waals surface area contributed by atoms with Crippen LogP contribution in [0.2, 0.25) is 0 Å². The summed E-state index contributed by atoms with van der Waals surface area (Å²) in [5.41, 5.74) is 9.93. The molecule has 0 bridgehead atoms. The zero-order valence-corrected chi connectivity index (χ0v) is 12.4. The van der Waals surface area contributed by atoms with Crippen LogP contribution < -0.4 is 5.73 Å². The molecule has 1 heterocycles. The fourth-order valence-electron chi connectivity index (χ4n) is 2.62. The second-order valence-electron chi connectivity index (χ2n) is 5.67. The normalized spacial score (nSPS) is 11.6. The molecule has 0 aliphatic heterocycles. The van der Waals surface area contributed by atoms with Crippen molar-refractivity contribution in [2.45, 2.75) is 52.5 Å². The van der Waals surface area contributed by atoms with Crippen LogP contribution in [-0.2, 0) is 13.0 Å². The molecule has 0 spiro atoms. The third-order valence-electron chi connectivity index (χ3n) is 3.82. The van der Waals surface area contributed by atoms with Crippen molar-refractivity contribution in [2.75, 3.05) is 6.54 Å². The fraction of sp³-hybridized carbons (Fsp3) is 0.529. The predicted octanol–water partition coefficient (Wildman–Crippen LogP) is 4.07. The smallest absolute Gasteiger partial charge is 0.0483 e. The van der Waals surface area contributed by atoms with Crippen LogP contribution in [0.5, 0.6) is 0 Å². The third kappa shape index (κ3) is 3.01. The molecule has 19 heavy (non-hydrogen) atoms. The van der Waals surface area contributed by atoms with E-state index in [1.807, 2.05) is 0 Å². The van der Waals surface area contributed by atoms with E-state index in [0.29, 0.717) is 5.92 Å². The summed E-state index contributed by atoms with van der Waals surface area (Å²) >= 11 is 0. The number of nitrogens with two attached hydrogens (primary N) is 1. The number of aryl methyl sites for hydroxylation is 1. The number of hydrogen-bond donors (Lipinski definition) is 1. The largest absolute Gasteiger partial charge is 0.347 e. The zero-order chi connectivity index (χ0) is 13.8. The molecule has 0 fully saturated rings. The van der Waals surface area contributed by atoms with Gasteiger partial charge in [0.05, 0.1) is 0 Å². The predicted molar refractivity (Wildman–Crippen MR) is 83.7 cm³/mol. The lowest BCUT2D eigenvalue weighted by Crippen LogP contribution is -2.02. The van der Waals surface area contributed by atoms with E-state index < -0.39 is 0 Å². The van der Waals surface area contributed by atoms with Gasteiger partial charge in [-0.15, -0.1) is 0 Å². The van der Waals surface area contributed by atoms with Crippen molar-refractivity contribution in [2.24, 2.45) is 5.73 Å². The molecule has 104 valence electrons. The molecule has 1 aromatic carbocycles. The number of rotatable bonds is 6. The maximum Gasteiger partial charge on any atom is 0.0483 e. The Kier molecular flexibility index (Phi) is 4.65. The third-order valence-corrected chi connectivity index (χ3v) is 3.82. The molecule has 0 saturated heterocycles. The number of nitrogens with zero attached hydrogens (tertiary/aromatic N) is 1. The van der Waals surface area contributed by atoms with Gasteiger partial charge in [0.1, 0.15) is 0 Å². The lowest BCUT2D eigenvalue weighted by atomic mass is 10.00. The number of aromatic nitrogens is 1. The number of benzene rings is 1. The molecule has 2 rings (SSSR count). The first-order valence-corrected chi connectivity index (χ1v) is 7.49. The van der Waals surface area contributed by atoms with Crippen molar-refractivity contribution in [3.8, 4) is 0 Å². The summed E-state index contributed by atoms with van der Waals surface area (Å²) in [5.74, 6) is 0.578.